The Hall–Kier alpha value is -2.29. The molecule has 0 aliphatic rings. The first kappa shape index (κ1) is 16.1. The van der Waals surface area contributed by atoms with E-state index in [1.54, 1.807) is 11.8 Å². The molecule has 0 fully saturated rings. The van der Waals surface area contributed by atoms with Gasteiger partial charge in [0.15, 0.2) is 0 Å². The third-order valence-electron chi connectivity index (χ3n) is 2.83. The van der Waals surface area contributed by atoms with Crippen LogP contribution in [0.3, 0.4) is 0 Å². The Morgan fingerprint density at radius 3 is 1.73 bits per heavy atom. The Bertz CT molecular complexity index is 842. The van der Waals surface area contributed by atoms with E-state index < -0.39 is 10.4 Å². The number of nitrogens with zero attached hydrogens (tertiary/aromatic N) is 2. The van der Waals surface area contributed by atoms with Crippen molar-refractivity contribution in [2.75, 3.05) is 14.2 Å². The molecule has 0 unspecified atom stereocenters. The molecule has 2 aromatic carbocycles. The summed E-state index contributed by atoms with van der Waals surface area (Å²) in [5.74, 6) is 0. The molecular formula is C14H14N2O5S. The fraction of sp³-hybridized carbons (Fsp3) is 0.143. The van der Waals surface area contributed by atoms with Crippen LogP contribution in [0.15, 0.2) is 48.5 Å². The van der Waals surface area contributed by atoms with Crippen molar-refractivity contribution in [3.8, 4) is 0 Å². The van der Waals surface area contributed by atoms with Crippen molar-refractivity contribution in [2.45, 2.75) is 0 Å². The number of para-hydroxylation sites is 4. The summed E-state index contributed by atoms with van der Waals surface area (Å²) in [6.45, 7) is 0. The van der Waals surface area contributed by atoms with Crippen LogP contribution in [0.2, 0.25) is 0 Å². The molecule has 0 radical (unpaired) electrons. The predicted octanol–water partition coefficient (Wildman–Crippen LogP) is 0.827. The van der Waals surface area contributed by atoms with Crippen molar-refractivity contribution in [3.05, 3.63) is 48.5 Å². The molecule has 22 heavy (non-hydrogen) atoms. The highest BCUT2D eigenvalue weighted by Gasteiger charge is 2.16. The van der Waals surface area contributed by atoms with E-state index in [4.69, 9.17) is 4.84 Å². The van der Waals surface area contributed by atoms with Gasteiger partial charge in [0.05, 0.1) is 7.11 Å². The Morgan fingerprint density at radius 1 is 0.955 bits per heavy atom. The number of benzene rings is 2. The lowest BCUT2D eigenvalue weighted by Gasteiger charge is -2.00. The standard InChI is InChI=1S/C13H11N2O.CH4O4S/c1-16-15-12-8-4-2-6-10(12)14-11-7-3-5-9-13(11)15;1-5-6(2,3)4/h2-9H,1H3;1H3,(H,2,3,4)/q+1;/p-1. The Labute approximate surface area is 127 Å². The van der Waals surface area contributed by atoms with Crippen LogP contribution < -0.4 is 9.57 Å². The SMILES string of the molecule is COS(=O)(=O)[O-].CO[n+]1c2ccccc2nc2ccccc21. The first-order chi connectivity index (χ1) is 10.5. The topological polar surface area (TPSA) is 92.4 Å². The van der Waals surface area contributed by atoms with Crippen LogP contribution in [0, 0.1) is 0 Å². The van der Waals surface area contributed by atoms with E-state index >= 15 is 0 Å². The van der Waals surface area contributed by atoms with Gasteiger partial charge in [-0.15, -0.1) is 0 Å². The number of aromatic nitrogens is 2. The minimum absolute atomic E-state index is 0.808. The molecule has 3 rings (SSSR count). The van der Waals surface area contributed by atoms with Crippen LogP contribution in [0.25, 0.3) is 22.1 Å². The zero-order chi connectivity index (χ0) is 16.2. The Balaban J connectivity index is 0.000000254. The Kier molecular flexibility index (Phi) is 4.86. The van der Waals surface area contributed by atoms with Gasteiger partial charge in [-0.1, -0.05) is 24.3 Å². The van der Waals surface area contributed by atoms with E-state index in [9.17, 15) is 13.0 Å². The summed E-state index contributed by atoms with van der Waals surface area (Å²) in [7, 11) is -1.94. The zero-order valence-corrected chi connectivity index (χ0v) is 12.8. The molecule has 0 N–H and O–H groups in total. The molecular weight excluding hydrogens is 308 g/mol. The first-order valence-corrected chi connectivity index (χ1v) is 7.55. The summed E-state index contributed by atoms with van der Waals surface area (Å²) in [6, 6.07) is 15.9. The lowest BCUT2D eigenvalue weighted by atomic mass is 10.2. The van der Waals surface area contributed by atoms with Gasteiger partial charge in [0.1, 0.15) is 18.1 Å². The van der Waals surface area contributed by atoms with Gasteiger partial charge in [0, 0.05) is 16.9 Å². The normalized spacial score (nSPS) is 11.0. The van der Waals surface area contributed by atoms with Crippen LogP contribution in [-0.4, -0.2) is 32.2 Å². The van der Waals surface area contributed by atoms with Gasteiger partial charge in [-0.3, -0.25) is 9.02 Å². The molecule has 8 heteroatoms. The molecule has 0 amide bonds. The van der Waals surface area contributed by atoms with Gasteiger partial charge in [-0.25, -0.2) is 13.4 Å². The van der Waals surface area contributed by atoms with Crippen LogP contribution >= 0.6 is 0 Å². The van der Waals surface area contributed by atoms with Crippen molar-refractivity contribution in [3.63, 3.8) is 0 Å². The molecule has 7 nitrogen and oxygen atoms in total. The van der Waals surface area contributed by atoms with Crippen molar-refractivity contribution in [1.82, 2.24) is 4.98 Å². The maximum Gasteiger partial charge on any atom is 0.283 e. The second-order valence-corrected chi connectivity index (χ2v) is 5.29. The molecule has 0 aliphatic heterocycles. The molecule has 3 aromatic rings. The monoisotopic (exact) mass is 322 g/mol. The maximum atomic E-state index is 9.22. The number of rotatable bonds is 2. The lowest BCUT2D eigenvalue weighted by Crippen LogP contribution is -2.42. The first-order valence-electron chi connectivity index (χ1n) is 6.21. The molecule has 116 valence electrons. The van der Waals surface area contributed by atoms with Gasteiger partial charge >= 0.3 is 0 Å². The molecule has 1 heterocycles. The Morgan fingerprint density at radius 2 is 1.36 bits per heavy atom. The largest absolute Gasteiger partial charge is 0.726 e. The smallest absolute Gasteiger partial charge is 0.283 e. The van der Waals surface area contributed by atoms with Crippen molar-refractivity contribution < 1.29 is 26.7 Å². The molecule has 0 saturated carbocycles. The van der Waals surface area contributed by atoms with Crippen LogP contribution in [0.1, 0.15) is 0 Å². The van der Waals surface area contributed by atoms with Crippen molar-refractivity contribution in [2.24, 2.45) is 0 Å². The average Bonchev–Trinajstić information content (AvgIpc) is 2.52. The maximum absolute atomic E-state index is 9.22. The van der Waals surface area contributed by atoms with E-state index in [1.807, 2.05) is 48.5 Å². The highest BCUT2D eigenvalue weighted by molar-refractivity contribution is 7.80. The summed E-state index contributed by atoms with van der Waals surface area (Å²) in [5.41, 5.74) is 3.82. The van der Waals surface area contributed by atoms with E-state index in [2.05, 4.69) is 9.17 Å². The van der Waals surface area contributed by atoms with Crippen molar-refractivity contribution >= 4 is 32.5 Å². The van der Waals surface area contributed by atoms with E-state index in [-0.39, 0.29) is 0 Å². The average molecular weight is 322 g/mol. The number of fused-ring (bicyclic) bond motifs is 2. The van der Waals surface area contributed by atoms with Crippen LogP contribution in [0.4, 0.5) is 0 Å². The van der Waals surface area contributed by atoms with Gasteiger partial charge in [0.25, 0.3) is 11.0 Å². The quantitative estimate of drug-likeness (QED) is 0.300. The van der Waals surface area contributed by atoms with E-state index in [1.165, 1.54) is 0 Å². The van der Waals surface area contributed by atoms with Crippen molar-refractivity contribution in [1.29, 1.82) is 0 Å². The second-order valence-electron chi connectivity index (χ2n) is 4.14. The number of hydrogen-bond acceptors (Lipinski definition) is 6. The van der Waals surface area contributed by atoms with Gasteiger partial charge in [-0.2, -0.15) is 0 Å². The molecule has 1 aromatic heterocycles. The van der Waals surface area contributed by atoms with Gasteiger partial charge in [0.2, 0.25) is 10.4 Å². The highest BCUT2D eigenvalue weighted by Crippen LogP contribution is 2.12. The third kappa shape index (κ3) is 3.67. The van der Waals surface area contributed by atoms with Crippen LogP contribution in [0.5, 0.6) is 0 Å². The molecule has 0 saturated heterocycles. The fourth-order valence-electron chi connectivity index (χ4n) is 1.92. The fourth-order valence-corrected chi connectivity index (χ4v) is 1.92. The summed E-state index contributed by atoms with van der Waals surface area (Å²) in [4.78, 5) is 10.0. The van der Waals surface area contributed by atoms with E-state index in [0.29, 0.717) is 0 Å². The highest BCUT2D eigenvalue weighted by atomic mass is 32.3. The van der Waals surface area contributed by atoms with Gasteiger partial charge in [-0.05, 0) is 12.1 Å². The lowest BCUT2D eigenvalue weighted by molar-refractivity contribution is -0.844. The summed E-state index contributed by atoms with van der Waals surface area (Å²) in [6.07, 6.45) is 0. The van der Waals surface area contributed by atoms with E-state index in [0.717, 1.165) is 29.2 Å². The number of hydrogen-bond donors (Lipinski definition) is 0. The van der Waals surface area contributed by atoms with Gasteiger partial charge < -0.3 is 4.55 Å². The summed E-state index contributed by atoms with van der Waals surface area (Å²) >= 11 is 0. The minimum atomic E-state index is -4.41. The summed E-state index contributed by atoms with van der Waals surface area (Å²) in [5, 5.41) is 0. The molecule has 0 bridgehead atoms. The summed E-state index contributed by atoms with van der Waals surface area (Å²) < 4.78 is 32.8. The molecule has 0 atom stereocenters. The second kappa shape index (κ2) is 6.65. The zero-order valence-electron chi connectivity index (χ0n) is 12.0. The minimum Gasteiger partial charge on any atom is -0.726 e. The van der Waals surface area contributed by atoms with Crippen LogP contribution in [-0.2, 0) is 14.6 Å². The third-order valence-corrected chi connectivity index (χ3v) is 3.24. The molecule has 0 spiro atoms. The predicted molar refractivity (Wildman–Crippen MR) is 78.7 cm³/mol. The molecule has 0 aliphatic carbocycles.